The maximum absolute atomic E-state index is 11.7. The van der Waals surface area contributed by atoms with Crippen LogP contribution in [-0.2, 0) is 4.79 Å². The molecular weight excluding hydrogens is 254 g/mol. The number of hydrogen-bond acceptors (Lipinski definition) is 3. The van der Waals surface area contributed by atoms with E-state index in [-0.39, 0.29) is 18.1 Å². The molecule has 0 spiro atoms. The molecule has 0 heterocycles. The van der Waals surface area contributed by atoms with Gasteiger partial charge < -0.3 is 15.2 Å². The third kappa shape index (κ3) is 6.57. The van der Waals surface area contributed by atoms with Crippen molar-refractivity contribution < 1.29 is 14.6 Å². The number of nitrogens with one attached hydrogen (secondary N) is 1. The summed E-state index contributed by atoms with van der Waals surface area (Å²) in [5.74, 6) is 0.826. The zero-order chi connectivity index (χ0) is 15.0. The van der Waals surface area contributed by atoms with Crippen molar-refractivity contribution in [2.75, 3.05) is 13.2 Å². The van der Waals surface area contributed by atoms with Gasteiger partial charge in [-0.15, -0.1) is 0 Å². The third-order valence-electron chi connectivity index (χ3n) is 3.05. The largest absolute Gasteiger partial charge is 0.494 e. The van der Waals surface area contributed by atoms with Gasteiger partial charge in [0, 0.05) is 18.6 Å². The predicted octanol–water partition coefficient (Wildman–Crippen LogP) is 2.43. The number of carbonyl (C=O) groups is 1. The Morgan fingerprint density at radius 3 is 2.55 bits per heavy atom. The molecule has 0 saturated carbocycles. The molecule has 0 aromatic heterocycles. The van der Waals surface area contributed by atoms with Crippen LogP contribution in [0.4, 0.5) is 0 Å². The van der Waals surface area contributed by atoms with Crippen LogP contribution in [0.3, 0.4) is 0 Å². The van der Waals surface area contributed by atoms with Crippen molar-refractivity contribution in [1.82, 2.24) is 5.32 Å². The molecule has 0 unspecified atom stereocenters. The van der Waals surface area contributed by atoms with Gasteiger partial charge in [0.25, 0.3) is 0 Å². The molecule has 0 aliphatic carbocycles. The minimum absolute atomic E-state index is 0.00374. The first-order chi connectivity index (χ1) is 9.43. The maximum atomic E-state index is 11.7. The number of rotatable bonds is 8. The molecule has 0 fully saturated rings. The number of aliphatic hydroxyl groups excluding tert-OH is 1. The predicted molar refractivity (Wildman–Crippen MR) is 79.8 cm³/mol. The molecule has 0 saturated heterocycles. The van der Waals surface area contributed by atoms with Crippen LogP contribution >= 0.6 is 0 Å². The van der Waals surface area contributed by atoms with Gasteiger partial charge in [-0.05, 0) is 45.7 Å². The lowest BCUT2D eigenvalue weighted by molar-refractivity contribution is -0.123. The summed E-state index contributed by atoms with van der Waals surface area (Å²) < 4.78 is 5.57. The summed E-state index contributed by atoms with van der Waals surface area (Å²) in [5.41, 5.74) is 0.840. The SMILES string of the molecule is Cc1ccc(OCCCC(=O)NC(C)(C)CCO)cc1. The summed E-state index contributed by atoms with van der Waals surface area (Å²) in [6.07, 6.45) is 1.66. The summed E-state index contributed by atoms with van der Waals surface area (Å²) in [6, 6.07) is 7.86. The average Bonchev–Trinajstić information content (AvgIpc) is 2.36. The molecule has 2 N–H and O–H groups in total. The highest BCUT2D eigenvalue weighted by Crippen LogP contribution is 2.12. The van der Waals surface area contributed by atoms with Crippen molar-refractivity contribution in [2.24, 2.45) is 0 Å². The van der Waals surface area contributed by atoms with Crippen LogP contribution in [0.2, 0.25) is 0 Å². The van der Waals surface area contributed by atoms with Gasteiger partial charge in [0.2, 0.25) is 5.91 Å². The molecule has 1 aromatic carbocycles. The van der Waals surface area contributed by atoms with E-state index in [0.29, 0.717) is 25.9 Å². The minimum Gasteiger partial charge on any atom is -0.494 e. The first kappa shape index (κ1) is 16.5. The Kier molecular flexibility index (Phi) is 6.52. The number of ether oxygens (including phenoxy) is 1. The molecule has 20 heavy (non-hydrogen) atoms. The quantitative estimate of drug-likeness (QED) is 0.719. The van der Waals surface area contributed by atoms with E-state index >= 15 is 0 Å². The molecular formula is C16H25NO3. The van der Waals surface area contributed by atoms with Gasteiger partial charge in [-0.1, -0.05) is 17.7 Å². The zero-order valence-electron chi connectivity index (χ0n) is 12.6. The summed E-state index contributed by atoms with van der Waals surface area (Å²) in [7, 11) is 0. The lowest BCUT2D eigenvalue weighted by Crippen LogP contribution is -2.44. The van der Waals surface area contributed by atoms with Gasteiger partial charge in [-0.2, -0.15) is 0 Å². The Hall–Kier alpha value is -1.55. The lowest BCUT2D eigenvalue weighted by Gasteiger charge is -2.25. The highest BCUT2D eigenvalue weighted by Gasteiger charge is 2.19. The summed E-state index contributed by atoms with van der Waals surface area (Å²) >= 11 is 0. The fourth-order valence-corrected chi connectivity index (χ4v) is 1.84. The van der Waals surface area contributed by atoms with Gasteiger partial charge in [-0.3, -0.25) is 4.79 Å². The van der Waals surface area contributed by atoms with Crippen molar-refractivity contribution in [3.63, 3.8) is 0 Å². The second-order valence-electron chi connectivity index (χ2n) is 5.67. The lowest BCUT2D eigenvalue weighted by atomic mass is 10.0. The fourth-order valence-electron chi connectivity index (χ4n) is 1.84. The molecule has 0 radical (unpaired) electrons. The van der Waals surface area contributed by atoms with E-state index in [1.54, 1.807) is 0 Å². The topological polar surface area (TPSA) is 58.6 Å². The van der Waals surface area contributed by atoms with Crippen LogP contribution in [0, 0.1) is 6.92 Å². The second kappa shape index (κ2) is 7.90. The first-order valence-electron chi connectivity index (χ1n) is 7.04. The molecule has 0 atom stereocenters. The average molecular weight is 279 g/mol. The number of hydrogen-bond donors (Lipinski definition) is 2. The molecule has 4 nitrogen and oxygen atoms in total. The third-order valence-corrected chi connectivity index (χ3v) is 3.05. The van der Waals surface area contributed by atoms with Crippen molar-refractivity contribution in [3.8, 4) is 5.75 Å². The molecule has 1 aromatic rings. The standard InChI is InChI=1S/C16H25NO3/c1-13-6-8-14(9-7-13)20-12-4-5-15(19)17-16(2,3)10-11-18/h6-9,18H,4-5,10-12H2,1-3H3,(H,17,19). The highest BCUT2D eigenvalue weighted by atomic mass is 16.5. The van der Waals surface area contributed by atoms with Crippen molar-refractivity contribution in [1.29, 1.82) is 0 Å². The number of carbonyl (C=O) groups excluding carboxylic acids is 1. The summed E-state index contributed by atoms with van der Waals surface area (Å²) in [4.78, 5) is 11.7. The minimum atomic E-state index is -0.357. The Labute approximate surface area is 121 Å². The van der Waals surface area contributed by atoms with Crippen LogP contribution in [0.25, 0.3) is 0 Å². The van der Waals surface area contributed by atoms with Crippen LogP contribution in [-0.4, -0.2) is 29.8 Å². The van der Waals surface area contributed by atoms with Gasteiger partial charge in [0.05, 0.1) is 6.61 Å². The molecule has 0 bridgehead atoms. The Balaban J connectivity index is 2.20. The van der Waals surface area contributed by atoms with E-state index in [4.69, 9.17) is 9.84 Å². The van der Waals surface area contributed by atoms with E-state index in [0.717, 1.165) is 5.75 Å². The molecule has 0 aliphatic heterocycles. The zero-order valence-corrected chi connectivity index (χ0v) is 12.6. The first-order valence-corrected chi connectivity index (χ1v) is 7.04. The maximum Gasteiger partial charge on any atom is 0.220 e. The van der Waals surface area contributed by atoms with Crippen LogP contribution in [0.1, 0.15) is 38.7 Å². The normalized spacial score (nSPS) is 11.2. The van der Waals surface area contributed by atoms with Crippen LogP contribution in [0.15, 0.2) is 24.3 Å². The van der Waals surface area contributed by atoms with E-state index in [9.17, 15) is 4.79 Å². The number of amides is 1. The molecule has 4 heteroatoms. The number of benzene rings is 1. The Morgan fingerprint density at radius 1 is 1.30 bits per heavy atom. The molecule has 112 valence electrons. The summed E-state index contributed by atoms with van der Waals surface area (Å²) in [6.45, 7) is 6.44. The van der Waals surface area contributed by atoms with Gasteiger partial charge in [0.15, 0.2) is 0 Å². The van der Waals surface area contributed by atoms with E-state index in [1.807, 2.05) is 45.0 Å². The fraction of sp³-hybridized carbons (Fsp3) is 0.562. The number of aryl methyl sites for hydroxylation is 1. The van der Waals surface area contributed by atoms with Crippen molar-refractivity contribution in [2.45, 2.75) is 45.6 Å². The highest BCUT2D eigenvalue weighted by molar-refractivity contribution is 5.76. The van der Waals surface area contributed by atoms with Gasteiger partial charge in [0.1, 0.15) is 5.75 Å². The van der Waals surface area contributed by atoms with E-state index in [1.165, 1.54) is 5.56 Å². The van der Waals surface area contributed by atoms with Gasteiger partial charge in [-0.25, -0.2) is 0 Å². The smallest absolute Gasteiger partial charge is 0.220 e. The Bertz CT molecular complexity index is 412. The Morgan fingerprint density at radius 2 is 1.95 bits per heavy atom. The van der Waals surface area contributed by atoms with Gasteiger partial charge >= 0.3 is 0 Å². The summed E-state index contributed by atoms with van der Waals surface area (Å²) in [5, 5.41) is 11.8. The monoisotopic (exact) mass is 279 g/mol. The second-order valence-corrected chi connectivity index (χ2v) is 5.67. The molecule has 0 aliphatic rings. The van der Waals surface area contributed by atoms with E-state index in [2.05, 4.69) is 5.32 Å². The van der Waals surface area contributed by atoms with Crippen LogP contribution in [0.5, 0.6) is 5.75 Å². The number of aliphatic hydroxyl groups is 1. The molecule has 1 amide bonds. The van der Waals surface area contributed by atoms with Crippen LogP contribution < -0.4 is 10.1 Å². The van der Waals surface area contributed by atoms with Crippen molar-refractivity contribution in [3.05, 3.63) is 29.8 Å². The van der Waals surface area contributed by atoms with E-state index < -0.39 is 0 Å². The van der Waals surface area contributed by atoms with Crippen molar-refractivity contribution >= 4 is 5.91 Å². The molecule has 1 rings (SSSR count).